The first-order chi connectivity index (χ1) is 13.7. The van der Waals surface area contributed by atoms with Gasteiger partial charge in [0.25, 0.3) is 0 Å². The Kier molecular flexibility index (Phi) is 7.24. The van der Waals surface area contributed by atoms with E-state index in [1.807, 2.05) is 65.6 Å². The lowest BCUT2D eigenvalue weighted by atomic mass is 9.90. The maximum Gasteiger partial charge on any atom is 0.232 e. The van der Waals surface area contributed by atoms with Crippen molar-refractivity contribution in [2.45, 2.75) is 51.0 Å². The number of hydrogen-bond donors (Lipinski definition) is 1. The number of piperidine rings is 1. The summed E-state index contributed by atoms with van der Waals surface area (Å²) >= 11 is 0. The summed E-state index contributed by atoms with van der Waals surface area (Å²) in [5.41, 5.74) is 2.00. The van der Waals surface area contributed by atoms with E-state index in [0.29, 0.717) is 6.42 Å². The fourth-order valence-corrected chi connectivity index (χ4v) is 3.83. The molecule has 0 radical (unpaired) electrons. The van der Waals surface area contributed by atoms with E-state index in [2.05, 4.69) is 12.2 Å². The van der Waals surface area contributed by atoms with Gasteiger partial charge in [0, 0.05) is 25.6 Å². The molecule has 0 aromatic heterocycles. The SMILES string of the molecule is CCCCC(=O)N1CCC(NC(=O)C(c2ccccc2)c2ccccc2)CC1. The predicted molar refractivity (Wildman–Crippen MR) is 112 cm³/mol. The molecule has 2 aromatic rings. The lowest BCUT2D eigenvalue weighted by Gasteiger charge is -2.33. The number of nitrogens with one attached hydrogen (secondary N) is 1. The molecular formula is C24H30N2O2. The van der Waals surface area contributed by atoms with E-state index in [1.165, 1.54) is 0 Å². The minimum Gasteiger partial charge on any atom is -0.352 e. The average Bonchev–Trinajstić information content (AvgIpc) is 2.74. The van der Waals surface area contributed by atoms with Crippen LogP contribution >= 0.6 is 0 Å². The second-order valence-electron chi connectivity index (χ2n) is 7.52. The highest BCUT2D eigenvalue weighted by Gasteiger charge is 2.28. The van der Waals surface area contributed by atoms with Crippen molar-refractivity contribution in [1.82, 2.24) is 10.2 Å². The first-order valence-corrected chi connectivity index (χ1v) is 10.4. The molecule has 0 atom stereocenters. The minimum atomic E-state index is -0.313. The van der Waals surface area contributed by atoms with E-state index in [1.54, 1.807) is 0 Å². The summed E-state index contributed by atoms with van der Waals surface area (Å²) in [5.74, 6) is -0.0298. The van der Waals surface area contributed by atoms with Gasteiger partial charge in [-0.3, -0.25) is 9.59 Å². The zero-order valence-electron chi connectivity index (χ0n) is 16.6. The summed E-state index contributed by atoms with van der Waals surface area (Å²) in [6.07, 6.45) is 4.27. The third kappa shape index (κ3) is 5.22. The van der Waals surface area contributed by atoms with E-state index in [-0.39, 0.29) is 23.8 Å². The van der Waals surface area contributed by atoms with Crippen LogP contribution in [0.15, 0.2) is 60.7 Å². The Bertz CT molecular complexity index is 713. The molecule has 0 spiro atoms. The van der Waals surface area contributed by atoms with Crippen molar-refractivity contribution in [3.63, 3.8) is 0 Å². The Morgan fingerprint density at radius 1 is 0.964 bits per heavy atom. The number of carbonyl (C=O) groups is 2. The standard InChI is InChI=1S/C24H30N2O2/c1-2-3-14-22(27)26-17-15-21(16-18-26)25-24(28)23(19-10-6-4-7-11-19)20-12-8-5-9-13-20/h4-13,21,23H,2-3,14-18H2,1H3,(H,25,28). The highest BCUT2D eigenvalue weighted by molar-refractivity contribution is 5.87. The molecule has 2 amide bonds. The number of rotatable bonds is 7. The van der Waals surface area contributed by atoms with Crippen LogP contribution in [-0.4, -0.2) is 35.8 Å². The second-order valence-corrected chi connectivity index (χ2v) is 7.52. The number of benzene rings is 2. The van der Waals surface area contributed by atoms with Crippen LogP contribution in [-0.2, 0) is 9.59 Å². The van der Waals surface area contributed by atoms with Gasteiger partial charge in [0.05, 0.1) is 5.92 Å². The van der Waals surface area contributed by atoms with Gasteiger partial charge in [-0.25, -0.2) is 0 Å². The van der Waals surface area contributed by atoms with Gasteiger partial charge in [-0.05, 0) is 30.4 Å². The summed E-state index contributed by atoms with van der Waals surface area (Å²) in [6, 6.07) is 20.0. The lowest BCUT2D eigenvalue weighted by molar-refractivity contribution is -0.132. The average molecular weight is 379 g/mol. The monoisotopic (exact) mass is 378 g/mol. The molecule has 4 heteroatoms. The van der Waals surface area contributed by atoms with Crippen LogP contribution in [0, 0.1) is 0 Å². The number of unbranched alkanes of at least 4 members (excludes halogenated alkanes) is 1. The number of carbonyl (C=O) groups excluding carboxylic acids is 2. The Hall–Kier alpha value is -2.62. The van der Waals surface area contributed by atoms with Crippen molar-refractivity contribution in [3.05, 3.63) is 71.8 Å². The first-order valence-electron chi connectivity index (χ1n) is 10.4. The molecule has 2 aromatic carbocycles. The zero-order chi connectivity index (χ0) is 19.8. The van der Waals surface area contributed by atoms with Crippen LogP contribution in [0.5, 0.6) is 0 Å². The van der Waals surface area contributed by atoms with Gasteiger partial charge in [-0.2, -0.15) is 0 Å². The van der Waals surface area contributed by atoms with Gasteiger partial charge in [-0.15, -0.1) is 0 Å². The quantitative estimate of drug-likeness (QED) is 0.788. The summed E-state index contributed by atoms with van der Waals surface area (Å²) in [4.78, 5) is 27.3. The topological polar surface area (TPSA) is 49.4 Å². The Balaban J connectivity index is 1.63. The Morgan fingerprint density at radius 2 is 1.50 bits per heavy atom. The second kappa shape index (κ2) is 10.1. The van der Waals surface area contributed by atoms with Crippen LogP contribution in [0.4, 0.5) is 0 Å². The van der Waals surface area contributed by atoms with Crippen LogP contribution in [0.3, 0.4) is 0 Å². The lowest BCUT2D eigenvalue weighted by Crippen LogP contribution is -2.47. The van der Waals surface area contributed by atoms with E-state index >= 15 is 0 Å². The molecule has 148 valence electrons. The Labute approximate surface area is 167 Å². The summed E-state index contributed by atoms with van der Waals surface area (Å²) in [5, 5.41) is 3.24. The van der Waals surface area contributed by atoms with Crippen molar-refractivity contribution in [2.24, 2.45) is 0 Å². The molecule has 0 unspecified atom stereocenters. The van der Waals surface area contributed by atoms with Crippen molar-refractivity contribution < 1.29 is 9.59 Å². The third-order valence-electron chi connectivity index (χ3n) is 5.47. The highest BCUT2D eigenvalue weighted by Crippen LogP contribution is 2.25. The van der Waals surface area contributed by atoms with Gasteiger partial charge >= 0.3 is 0 Å². The number of nitrogens with zero attached hydrogens (tertiary/aromatic N) is 1. The van der Waals surface area contributed by atoms with E-state index in [9.17, 15) is 9.59 Å². The Morgan fingerprint density at radius 3 is 2.00 bits per heavy atom. The first kappa shape index (κ1) is 20.1. The molecular weight excluding hydrogens is 348 g/mol. The molecule has 0 aliphatic carbocycles. The molecule has 1 aliphatic rings. The molecule has 1 aliphatic heterocycles. The molecule has 0 bridgehead atoms. The predicted octanol–water partition coefficient (Wildman–Crippen LogP) is 4.12. The number of hydrogen-bond acceptors (Lipinski definition) is 2. The van der Waals surface area contributed by atoms with Crippen LogP contribution in [0.1, 0.15) is 56.1 Å². The largest absolute Gasteiger partial charge is 0.352 e. The van der Waals surface area contributed by atoms with Crippen molar-refractivity contribution in [1.29, 1.82) is 0 Å². The van der Waals surface area contributed by atoms with Crippen molar-refractivity contribution in [2.75, 3.05) is 13.1 Å². The van der Waals surface area contributed by atoms with E-state index in [4.69, 9.17) is 0 Å². The molecule has 1 N–H and O–H groups in total. The fourth-order valence-electron chi connectivity index (χ4n) is 3.83. The van der Waals surface area contributed by atoms with Crippen LogP contribution in [0.2, 0.25) is 0 Å². The van der Waals surface area contributed by atoms with Crippen molar-refractivity contribution >= 4 is 11.8 Å². The van der Waals surface area contributed by atoms with Gasteiger partial charge in [0.1, 0.15) is 0 Å². The maximum atomic E-state index is 13.2. The van der Waals surface area contributed by atoms with E-state index < -0.39 is 0 Å². The van der Waals surface area contributed by atoms with Crippen LogP contribution in [0.25, 0.3) is 0 Å². The molecule has 1 fully saturated rings. The summed E-state index contributed by atoms with van der Waals surface area (Å²) in [6.45, 7) is 3.56. The summed E-state index contributed by atoms with van der Waals surface area (Å²) in [7, 11) is 0. The van der Waals surface area contributed by atoms with E-state index in [0.717, 1.165) is 49.9 Å². The number of amides is 2. The minimum absolute atomic E-state index is 0.0353. The molecule has 4 nitrogen and oxygen atoms in total. The molecule has 28 heavy (non-hydrogen) atoms. The molecule has 0 saturated carbocycles. The van der Waals surface area contributed by atoms with Gasteiger partial charge in [0.15, 0.2) is 0 Å². The number of likely N-dealkylation sites (tertiary alicyclic amines) is 1. The molecule has 1 heterocycles. The third-order valence-corrected chi connectivity index (χ3v) is 5.47. The van der Waals surface area contributed by atoms with Gasteiger partial charge < -0.3 is 10.2 Å². The summed E-state index contributed by atoms with van der Waals surface area (Å²) < 4.78 is 0. The van der Waals surface area contributed by atoms with Crippen LogP contribution < -0.4 is 5.32 Å². The smallest absolute Gasteiger partial charge is 0.232 e. The fraction of sp³-hybridized carbons (Fsp3) is 0.417. The molecule has 1 saturated heterocycles. The maximum absolute atomic E-state index is 13.2. The normalized spacial score (nSPS) is 14.9. The zero-order valence-corrected chi connectivity index (χ0v) is 16.6. The highest BCUT2D eigenvalue weighted by atomic mass is 16.2. The van der Waals surface area contributed by atoms with Gasteiger partial charge in [0.2, 0.25) is 11.8 Å². The van der Waals surface area contributed by atoms with Crippen molar-refractivity contribution in [3.8, 4) is 0 Å². The molecule has 3 rings (SSSR count). The van der Waals surface area contributed by atoms with Gasteiger partial charge in [-0.1, -0.05) is 74.0 Å².